The SMILES string of the molecule is Nc1cc(N(c2ccccc2C(=O)O)S(=O)[O-])cc([N+](=O)[O-])c1O. The topological polar surface area (TPSA) is 170 Å². The Morgan fingerprint density at radius 2 is 1.92 bits per heavy atom. The summed E-state index contributed by atoms with van der Waals surface area (Å²) in [5, 5.41) is 29.7. The molecule has 1 atom stereocenters. The first-order chi connectivity index (χ1) is 11.2. The highest BCUT2D eigenvalue weighted by Gasteiger charge is 2.24. The second-order valence-electron chi connectivity index (χ2n) is 4.49. The molecule has 0 spiro atoms. The van der Waals surface area contributed by atoms with Crippen LogP contribution in [0.25, 0.3) is 0 Å². The van der Waals surface area contributed by atoms with Crippen LogP contribution in [0.15, 0.2) is 36.4 Å². The third-order valence-corrected chi connectivity index (χ3v) is 3.74. The average molecular weight is 352 g/mol. The highest BCUT2D eigenvalue weighted by Crippen LogP contribution is 2.39. The molecule has 0 aliphatic rings. The van der Waals surface area contributed by atoms with Crippen molar-refractivity contribution in [2.24, 2.45) is 0 Å². The maximum atomic E-state index is 11.6. The summed E-state index contributed by atoms with van der Waals surface area (Å²) in [5.74, 6) is -2.20. The number of aromatic hydroxyl groups is 1. The molecule has 0 aromatic heterocycles. The van der Waals surface area contributed by atoms with Crippen LogP contribution in [-0.4, -0.2) is 29.9 Å². The number of nitrogens with zero attached hydrogens (tertiary/aromatic N) is 2. The van der Waals surface area contributed by atoms with E-state index in [1.54, 1.807) is 0 Å². The first-order valence-corrected chi connectivity index (χ1v) is 7.26. The number of rotatable bonds is 5. The van der Waals surface area contributed by atoms with Crippen molar-refractivity contribution in [3.63, 3.8) is 0 Å². The van der Waals surface area contributed by atoms with E-state index in [9.17, 15) is 33.9 Å². The second-order valence-corrected chi connectivity index (χ2v) is 5.29. The Labute approximate surface area is 137 Å². The molecule has 11 heteroatoms. The van der Waals surface area contributed by atoms with Crippen molar-refractivity contribution in [1.29, 1.82) is 0 Å². The molecule has 24 heavy (non-hydrogen) atoms. The van der Waals surface area contributed by atoms with Gasteiger partial charge in [-0.05, 0) is 18.2 Å². The number of anilines is 3. The molecule has 0 aliphatic carbocycles. The number of nitro benzene ring substituents is 1. The lowest BCUT2D eigenvalue weighted by Gasteiger charge is -2.27. The van der Waals surface area contributed by atoms with E-state index in [2.05, 4.69) is 0 Å². The largest absolute Gasteiger partial charge is 0.755 e. The van der Waals surface area contributed by atoms with Crippen LogP contribution in [0.3, 0.4) is 0 Å². The van der Waals surface area contributed by atoms with Gasteiger partial charge in [0, 0.05) is 6.07 Å². The van der Waals surface area contributed by atoms with E-state index < -0.39 is 39.3 Å². The number of aromatic carboxylic acids is 1. The van der Waals surface area contributed by atoms with E-state index in [1.807, 2.05) is 0 Å². The maximum Gasteiger partial charge on any atom is 0.337 e. The minimum Gasteiger partial charge on any atom is -0.755 e. The van der Waals surface area contributed by atoms with Crippen LogP contribution in [0.2, 0.25) is 0 Å². The number of nitro groups is 1. The monoisotopic (exact) mass is 352 g/mol. The Kier molecular flexibility index (Phi) is 4.66. The van der Waals surface area contributed by atoms with Gasteiger partial charge >= 0.3 is 11.7 Å². The molecule has 1 unspecified atom stereocenters. The Hall–Kier alpha value is -3.18. The standard InChI is InChI=1S/C13H11N3O7S/c14-9-5-7(6-11(12(9)17)16(20)21)15(24(22)23)10-4-2-1-3-8(10)13(18)19/h1-6,17H,14H2,(H,18,19)(H,22,23)/p-1. The Balaban J connectivity index is 2.73. The van der Waals surface area contributed by atoms with Gasteiger partial charge in [0.1, 0.15) is 0 Å². The van der Waals surface area contributed by atoms with E-state index in [-0.39, 0.29) is 16.9 Å². The summed E-state index contributed by atoms with van der Waals surface area (Å²) in [5.41, 5.74) is 3.37. The van der Waals surface area contributed by atoms with Crippen molar-refractivity contribution in [1.82, 2.24) is 0 Å². The number of carboxylic acid groups (broad SMARTS) is 1. The van der Waals surface area contributed by atoms with Crippen molar-refractivity contribution >= 4 is 40.0 Å². The number of carboxylic acids is 1. The molecule has 0 amide bonds. The van der Waals surface area contributed by atoms with Crippen molar-refractivity contribution in [3.8, 4) is 5.75 Å². The number of benzene rings is 2. The molecule has 10 nitrogen and oxygen atoms in total. The van der Waals surface area contributed by atoms with Crippen molar-refractivity contribution in [2.45, 2.75) is 0 Å². The van der Waals surface area contributed by atoms with Gasteiger partial charge in [0.05, 0.1) is 38.8 Å². The van der Waals surface area contributed by atoms with Crippen LogP contribution >= 0.6 is 0 Å². The molecule has 0 heterocycles. The first-order valence-electron chi connectivity index (χ1n) is 6.22. The van der Waals surface area contributed by atoms with Crippen LogP contribution in [0.4, 0.5) is 22.7 Å². The molecule has 2 rings (SSSR count). The fraction of sp³-hybridized carbons (Fsp3) is 0. The van der Waals surface area contributed by atoms with E-state index >= 15 is 0 Å². The number of hydrogen-bond donors (Lipinski definition) is 3. The highest BCUT2D eigenvalue weighted by atomic mass is 32.2. The van der Waals surface area contributed by atoms with Crippen molar-refractivity contribution < 1.29 is 28.7 Å². The molecule has 0 aliphatic heterocycles. The first kappa shape index (κ1) is 17.2. The quantitative estimate of drug-likeness (QED) is 0.239. The second kappa shape index (κ2) is 6.52. The lowest BCUT2D eigenvalue weighted by molar-refractivity contribution is -0.385. The Morgan fingerprint density at radius 1 is 1.29 bits per heavy atom. The summed E-state index contributed by atoms with van der Waals surface area (Å²) in [6.07, 6.45) is 0. The van der Waals surface area contributed by atoms with Gasteiger partial charge < -0.3 is 20.5 Å². The van der Waals surface area contributed by atoms with Crippen molar-refractivity contribution in [2.75, 3.05) is 10.0 Å². The third kappa shape index (κ3) is 3.11. The molecular formula is C13H10N3O7S-. The third-order valence-electron chi connectivity index (χ3n) is 3.04. The van der Waals surface area contributed by atoms with E-state index in [0.29, 0.717) is 4.31 Å². The highest BCUT2D eigenvalue weighted by molar-refractivity contribution is 7.81. The number of hydrogen-bond acceptors (Lipinski definition) is 7. The number of nitrogens with two attached hydrogens (primary N) is 1. The number of para-hydroxylation sites is 1. The lowest BCUT2D eigenvalue weighted by Crippen LogP contribution is -2.22. The number of phenolic OH excluding ortho intramolecular Hbond substituents is 1. The number of carbonyl (C=O) groups is 1. The lowest BCUT2D eigenvalue weighted by atomic mass is 10.1. The molecule has 2 aromatic rings. The Morgan fingerprint density at radius 3 is 2.46 bits per heavy atom. The molecule has 4 N–H and O–H groups in total. The smallest absolute Gasteiger partial charge is 0.337 e. The molecule has 0 bridgehead atoms. The molecule has 0 saturated carbocycles. The van der Waals surface area contributed by atoms with Gasteiger partial charge in [0.25, 0.3) is 0 Å². The molecular weight excluding hydrogens is 342 g/mol. The summed E-state index contributed by atoms with van der Waals surface area (Å²) in [4.78, 5) is 21.3. The van der Waals surface area contributed by atoms with Gasteiger partial charge in [-0.2, -0.15) is 0 Å². The minimum absolute atomic E-state index is 0.238. The Bertz CT molecular complexity index is 855. The molecule has 126 valence electrons. The van der Waals surface area contributed by atoms with Gasteiger partial charge in [-0.3, -0.25) is 18.6 Å². The predicted octanol–water partition coefficient (Wildman–Crippen LogP) is 1.51. The van der Waals surface area contributed by atoms with Gasteiger partial charge in [-0.25, -0.2) is 4.79 Å². The fourth-order valence-corrected chi connectivity index (χ4v) is 2.62. The normalized spacial score (nSPS) is 11.7. The molecule has 0 saturated heterocycles. The zero-order valence-electron chi connectivity index (χ0n) is 11.8. The average Bonchev–Trinajstić information content (AvgIpc) is 2.50. The number of nitrogen functional groups attached to an aromatic ring is 1. The summed E-state index contributed by atoms with van der Waals surface area (Å²) < 4.78 is 23.8. The summed E-state index contributed by atoms with van der Waals surface area (Å²) >= 11 is -3.01. The summed E-state index contributed by atoms with van der Waals surface area (Å²) in [7, 11) is 0. The maximum absolute atomic E-state index is 11.6. The van der Waals surface area contributed by atoms with Crippen LogP contribution in [0.5, 0.6) is 5.75 Å². The van der Waals surface area contributed by atoms with E-state index in [4.69, 9.17) is 5.73 Å². The van der Waals surface area contributed by atoms with E-state index in [1.165, 1.54) is 24.3 Å². The van der Waals surface area contributed by atoms with Gasteiger partial charge in [0.15, 0.2) is 0 Å². The zero-order chi connectivity index (χ0) is 18.0. The van der Waals surface area contributed by atoms with Gasteiger partial charge in [-0.15, -0.1) is 0 Å². The molecule has 2 aromatic carbocycles. The van der Waals surface area contributed by atoms with Gasteiger partial charge in [-0.1, -0.05) is 12.1 Å². The van der Waals surface area contributed by atoms with Crippen LogP contribution in [-0.2, 0) is 11.3 Å². The molecule has 0 fully saturated rings. The van der Waals surface area contributed by atoms with Gasteiger partial charge in [0.2, 0.25) is 5.75 Å². The van der Waals surface area contributed by atoms with Crippen molar-refractivity contribution in [3.05, 3.63) is 52.1 Å². The summed E-state index contributed by atoms with van der Waals surface area (Å²) in [6.45, 7) is 0. The molecule has 0 radical (unpaired) electrons. The van der Waals surface area contributed by atoms with Crippen LogP contribution in [0, 0.1) is 10.1 Å². The van der Waals surface area contributed by atoms with Crippen LogP contribution in [0.1, 0.15) is 10.4 Å². The minimum atomic E-state index is -3.01. The van der Waals surface area contributed by atoms with Crippen LogP contribution < -0.4 is 10.0 Å². The zero-order valence-corrected chi connectivity index (χ0v) is 12.6. The summed E-state index contributed by atoms with van der Waals surface area (Å²) in [6, 6.07) is 6.95. The number of phenols is 1. The van der Waals surface area contributed by atoms with E-state index in [0.717, 1.165) is 12.1 Å². The predicted molar refractivity (Wildman–Crippen MR) is 83.6 cm³/mol. The fourth-order valence-electron chi connectivity index (χ4n) is 2.02.